The maximum Gasteiger partial charge on any atom is 0.407 e. The van der Waals surface area contributed by atoms with Crippen LogP contribution in [0.25, 0.3) is 0 Å². The van der Waals surface area contributed by atoms with Crippen molar-refractivity contribution >= 4 is 35.1 Å². The minimum Gasteiger partial charge on any atom is -0.465 e. The number of nitrogens with one attached hydrogen (secondary N) is 1. The Balaban J connectivity index is 1.45. The van der Waals surface area contributed by atoms with E-state index in [4.69, 9.17) is 11.6 Å². The summed E-state index contributed by atoms with van der Waals surface area (Å²) in [6.45, 7) is 0.743. The maximum atomic E-state index is 12.5. The number of aryl methyl sites for hydroxylation is 1. The number of benzene rings is 2. The van der Waals surface area contributed by atoms with Crippen LogP contribution in [0.15, 0.2) is 42.5 Å². The molecule has 0 aliphatic carbocycles. The van der Waals surface area contributed by atoms with Gasteiger partial charge in [0.25, 0.3) is 0 Å². The Bertz CT molecular complexity index is 945. The second-order valence-corrected chi connectivity index (χ2v) is 7.82. The van der Waals surface area contributed by atoms with E-state index in [0.29, 0.717) is 62.2 Å². The van der Waals surface area contributed by atoms with Crippen LogP contribution in [0.2, 0.25) is 5.02 Å². The van der Waals surface area contributed by atoms with Crippen LogP contribution in [-0.2, 0) is 17.6 Å². The molecular formula is C23H25ClN2O4. The lowest BCUT2D eigenvalue weighted by atomic mass is 9.97. The molecule has 0 saturated heterocycles. The van der Waals surface area contributed by atoms with Crippen molar-refractivity contribution in [3.63, 3.8) is 0 Å². The first-order valence-electron chi connectivity index (χ1n) is 10.1. The van der Waals surface area contributed by atoms with Gasteiger partial charge in [-0.15, -0.1) is 0 Å². The highest BCUT2D eigenvalue weighted by Gasteiger charge is 2.17. The lowest BCUT2D eigenvalue weighted by molar-refractivity contribution is -0.116. The maximum absolute atomic E-state index is 12.5. The molecule has 0 saturated carbocycles. The first-order valence-corrected chi connectivity index (χ1v) is 10.5. The number of hydrogen-bond donors (Lipinski definition) is 2. The lowest BCUT2D eigenvalue weighted by Crippen LogP contribution is -2.32. The summed E-state index contributed by atoms with van der Waals surface area (Å²) in [4.78, 5) is 36.8. The van der Waals surface area contributed by atoms with Crippen molar-refractivity contribution in [3.8, 4) is 0 Å². The summed E-state index contributed by atoms with van der Waals surface area (Å²) in [5.41, 5.74) is 3.32. The van der Waals surface area contributed by atoms with E-state index >= 15 is 0 Å². The zero-order chi connectivity index (χ0) is 21.5. The van der Waals surface area contributed by atoms with Crippen molar-refractivity contribution < 1.29 is 19.5 Å². The fraction of sp³-hybridized carbons (Fsp3) is 0.348. The highest BCUT2D eigenvalue weighted by molar-refractivity contribution is 6.31. The monoisotopic (exact) mass is 428 g/mol. The molecule has 0 atom stereocenters. The van der Waals surface area contributed by atoms with E-state index in [0.717, 1.165) is 16.8 Å². The number of carbonyl (C=O) groups is 3. The van der Waals surface area contributed by atoms with E-state index in [1.807, 2.05) is 24.3 Å². The second kappa shape index (κ2) is 10.3. The number of amides is 2. The number of anilines is 1. The number of carboxylic acid groups (broad SMARTS) is 1. The predicted octanol–water partition coefficient (Wildman–Crippen LogP) is 4.80. The average Bonchev–Trinajstić information content (AvgIpc) is 2.73. The summed E-state index contributed by atoms with van der Waals surface area (Å²) < 4.78 is 0. The number of fused-ring (bicyclic) bond motifs is 1. The second-order valence-electron chi connectivity index (χ2n) is 7.41. The Kier molecular flexibility index (Phi) is 7.46. The molecule has 1 heterocycles. The van der Waals surface area contributed by atoms with Gasteiger partial charge in [0.05, 0.1) is 0 Å². The molecule has 3 rings (SSSR count). The molecule has 2 amide bonds. The minimum absolute atomic E-state index is 0.000836. The molecule has 2 aromatic carbocycles. The third-order valence-corrected chi connectivity index (χ3v) is 5.65. The van der Waals surface area contributed by atoms with E-state index in [9.17, 15) is 19.5 Å². The highest BCUT2D eigenvalue weighted by atomic mass is 35.5. The molecular weight excluding hydrogens is 404 g/mol. The van der Waals surface area contributed by atoms with E-state index in [2.05, 4.69) is 5.32 Å². The van der Waals surface area contributed by atoms with Gasteiger partial charge in [0.2, 0.25) is 5.91 Å². The van der Waals surface area contributed by atoms with Gasteiger partial charge in [-0.2, -0.15) is 0 Å². The summed E-state index contributed by atoms with van der Waals surface area (Å²) in [6, 6.07) is 12.8. The van der Waals surface area contributed by atoms with Gasteiger partial charge in [-0.3, -0.25) is 9.59 Å². The van der Waals surface area contributed by atoms with Crippen LogP contribution in [0.4, 0.5) is 10.5 Å². The summed E-state index contributed by atoms with van der Waals surface area (Å²) in [5, 5.41) is 12.9. The van der Waals surface area contributed by atoms with Crippen LogP contribution in [-0.4, -0.2) is 40.9 Å². The summed E-state index contributed by atoms with van der Waals surface area (Å²) >= 11 is 6.13. The zero-order valence-corrected chi connectivity index (χ0v) is 17.5. The first-order chi connectivity index (χ1) is 14.4. The Morgan fingerprint density at radius 1 is 1.07 bits per heavy atom. The van der Waals surface area contributed by atoms with Gasteiger partial charge in [0.1, 0.15) is 0 Å². The van der Waals surface area contributed by atoms with E-state index < -0.39 is 6.09 Å². The number of rotatable bonds is 9. The van der Waals surface area contributed by atoms with E-state index in [1.54, 1.807) is 18.2 Å². The van der Waals surface area contributed by atoms with Crippen molar-refractivity contribution in [2.45, 2.75) is 38.5 Å². The van der Waals surface area contributed by atoms with Crippen molar-refractivity contribution in [1.29, 1.82) is 0 Å². The largest absolute Gasteiger partial charge is 0.465 e. The van der Waals surface area contributed by atoms with E-state index in [1.165, 1.54) is 4.90 Å². The van der Waals surface area contributed by atoms with Crippen LogP contribution in [0.3, 0.4) is 0 Å². The molecule has 30 heavy (non-hydrogen) atoms. The molecule has 2 N–H and O–H groups in total. The molecule has 6 nitrogen and oxygen atoms in total. The number of hydrogen-bond acceptors (Lipinski definition) is 3. The van der Waals surface area contributed by atoms with Gasteiger partial charge in [-0.05, 0) is 61.1 Å². The van der Waals surface area contributed by atoms with Crippen molar-refractivity contribution in [1.82, 2.24) is 4.90 Å². The van der Waals surface area contributed by atoms with Gasteiger partial charge in [-0.1, -0.05) is 29.8 Å². The molecule has 158 valence electrons. The number of ketones is 1. The fourth-order valence-corrected chi connectivity index (χ4v) is 3.78. The predicted molar refractivity (Wildman–Crippen MR) is 116 cm³/mol. The Morgan fingerprint density at radius 3 is 2.63 bits per heavy atom. The average molecular weight is 429 g/mol. The summed E-state index contributed by atoms with van der Waals surface area (Å²) in [6.07, 6.45) is 2.25. The summed E-state index contributed by atoms with van der Waals surface area (Å²) in [7, 11) is 0. The van der Waals surface area contributed by atoms with Crippen molar-refractivity contribution in [2.75, 3.05) is 18.4 Å². The third kappa shape index (κ3) is 5.83. The minimum atomic E-state index is -0.967. The quantitative estimate of drug-likeness (QED) is 0.443. The number of unbranched alkanes of at least 4 members (excludes halogenated alkanes) is 1. The molecule has 0 radical (unpaired) electrons. The molecule has 0 aromatic heterocycles. The molecule has 0 unspecified atom stereocenters. The van der Waals surface area contributed by atoms with Crippen LogP contribution in [0.1, 0.15) is 47.2 Å². The molecule has 2 aromatic rings. The molecule has 1 aliphatic heterocycles. The van der Waals surface area contributed by atoms with Crippen LogP contribution in [0.5, 0.6) is 0 Å². The molecule has 7 heteroatoms. The first kappa shape index (κ1) is 21.8. The Labute approximate surface area is 180 Å². The molecule has 0 bridgehead atoms. The van der Waals surface area contributed by atoms with Gasteiger partial charge in [0.15, 0.2) is 5.78 Å². The van der Waals surface area contributed by atoms with Gasteiger partial charge >= 0.3 is 6.09 Å². The standard InChI is InChI=1S/C23H25ClN2O4/c24-19-6-2-1-5-16(19)12-14-26(23(29)30)13-4-3-7-21(27)18-8-10-20-17(15-18)9-11-22(28)25-20/h1-2,5-6,8,10,15H,3-4,7,9,11-14H2,(H,25,28)(H,29,30). The summed E-state index contributed by atoms with van der Waals surface area (Å²) in [5.74, 6) is 0.0340. The third-order valence-electron chi connectivity index (χ3n) is 5.28. The lowest BCUT2D eigenvalue weighted by Gasteiger charge is -2.19. The van der Waals surface area contributed by atoms with E-state index in [-0.39, 0.29) is 11.7 Å². The highest BCUT2D eigenvalue weighted by Crippen LogP contribution is 2.24. The molecule has 0 spiro atoms. The fourth-order valence-electron chi connectivity index (χ4n) is 3.55. The number of carbonyl (C=O) groups excluding carboxylic acids is 2. The van der Waals surface area contributed by atoms with Crippen molar-refractivity contribution in [3.05, 3.63) is 64.2 Å². The zero-order valence-electron chi connectivity index (χ0n) is 16.7. The normalized spacial score (nSPS) is 12.8. The van der Waals surface area contributed by atoms with Crippen LogP contribution < -0.4 is 5.32 Å². The molecule has 1 aliphatic rings. The van der Waals surface area contributed by atoms with Crippen molar-refractivity contribution in [2.24, 2.45) is 0 Å². The number of Topliss-reactive ketones (excluding diaryl/α,β-unsaturated/α-hetero) is 1. The Hall–Kier alpha value is -2.86. The van der Waals surface area contributed by atoms with Gasteiger partial charge in [-0.25, -0.2) is 4.79 Å². The Morgan fingerprint density at radius 2 is 1.87 bits per heavy atom. The number of halogens is 1. The van der Waals surface area contributed by atoms with Crippen LogP contribution in [0, 0.1) is 0 Å². The SMILES string of the molecule is O=C1CCc2cc(C(=O)CCCCN(CCc3ccccc3Cl)C(=O)O)ccc2N1. The smallest absolute Gasteiger partial charge is 0.407 e. The van der Waals surface area contributed by atoms with Gasteiger partial charge < -0.3 is 15.3 Å². The number of nitrogens with zero attached hydrogens (tertiary/aromatic N) is 1. The topological polar surface area (TPSA) is 86.7 Å². The van der Waals surface area contributed by atoms with Gasteiger partial charge in [0, 0.05) is 42.2 Å². The molecule has 0 fully saturated rings. The van der Waals surface area contributed by atoms with Crippen LogP contribution >= 0.6 is 11.6 Å².